The minimum absolute atomic E-state index is 0.0430. The molecule has 0 aromatic carbocycles. The van der Waals surface area contributed by atoms with E-state index in [1.54, 1.807) is 6.92 Å². The Kier molecular flexibility index (Phi) is 4.70. The van der Waals surface area contributed by atoms with Crippen molar-refractivity contribution in [3.8, 4) is 0 Å². The number of rotatable bonds is 2. The number of nitrogens with one attached hydrogen (secondary N) is 1. The first kappa shape index (κ1) is 16.9. The number of carbonyl (C=O) groups excluding carboxylic acids is 1. The van der Waals surface area contributed by atoms with Crippen LogP contribution < -0.4 is 10.2 Å². The van der Waals surface area contributed by atoms with Gasteiger partial charge in [-0.15, -0.1) is 0 Å². The third-order valence-electron chi connectivity index (χ3n) is 6.62. The molecule has 0 bridgehead atoms. The summed E-state index contributed by atoms with van der Waals surface area (Å²) in [5.74, 6) is 0.663. The number of aromatic nitrogens is 1. The summed E-state index contributed by atoms with van der Waals surface area (Å²) in [5.41, 5.74) is 3.12. The molecule has 4 rings (SSSR count). The third kappa shape index (κ3) is 3.28. The molecule has 25 heavy (non-hydrogen) atoms. The second-order valence-electron chi connectivity index (χ2n) is 8.38. The average Bonchev–Trinajstić information content (AvgIpc) is 3.13. The van der Waals surface area contributed by atoms with Gasteiger partial charge in [-0.05, 0) is 25.7 Å². The first-order valence-electron chi connectivity index (χ1n) is 10.2. The Morgan fingerprint density at radius 1 is 1.12 bits per heavy atom. The lowest BCUT2D eigenvalue weighted by molar-refractivity contribution is -0.114. The molecule has 0 atom stereocenters. The number of carbonyl (C=O) groups is 1. The van der Waals surface area contributed by atoms with Gasteiger partial charge in [0.15, 0.2) is 0 Å². The van der Waals surface area contributed by atoms with Crippen molar-refractivity contribution in [3.63, 3.8) is 0 Å². The Bertz CT molecular complexity index is 628. The van der Waals surface area contributed by atoms with Gasteiger partial charge in [0.2, 0.25) is 5.91 Å². The number of pyridine rings is 1. The van der Waals surface area contributed by atoms with Crippen LogP contribution in [0.25, 0.3) is 0 Å². The van der Waals surface area contributed by atoms with Crippen molar-refractivity contribution < 1.29 is 4.79 Å². The Hall–Kier alpha value is -1.58. The molecule has 1 aromatic heterocycles. The van der Waals surface area contributed by atoms with Gasteiger partial charge in [-0.2, -0.15) is 0 Å². The maximum Gasteiger partial charge on any atom is 0.222 e. The molecule has 3 aliphatic rings. The molecule has 2 aliphatic carbocycles. The number of anilines is 2. The van der Waals surface area contributed by atoms with E-state index < -0.39 is 0 Å². The first-order valence-corrected chi connectivity index (χ1v) is 10.2. The molecule has 0 radical (unpaired) electrons. The summed E-state index contributed by atoms with van der Waals surface area (Å²) in [6, 6.07) is 2.80. The molecule has 1 spiro atoms. The van der Waals surface area contributed by atoms with Crippen molar-refractivity contribution in [1.29, 1.82) is 0 Å². The molecule has 4 heteroatoms. The highest BCUT2D eigenvalue weighted by atomic mass is 16.1. The Balaban J connectivity index is 1.67. The highest BCUT2D eigenvalue weighted by Gasteiger charge is 2.46. The average molecular weight is 341 g/mol. The topological polar surface area (TPSA) is 45.2 Å². The van der Waals surface area contributed by atoms with Crippen LogP contribution >= 0.6 is 0 Å². The lowest BCUT2D eigenvalue weighted by Gasteiger charge is -2.34. The van der Waals surface area contributed by atoms with E-state index in [4.69, 9.17) is 0 Å². The molecule has 4 nitrogen and oxygen atoms in total. The fourth-order valence-corrected chi connectivity index (χ4v) is 5.39. The zero-order valence-electron chi connectivity index (χ0n) is 15.5. The quantitative estimate of drug-likeness (QED) is 0.841. The van der Waals surface area contributed by atoms with Gasteiger partial charge in [0, 0.05) is 48.4 Å². The maximum atomic E-state index is 11.5. The maximum absolute atomic E-state index is 11.5. The fraction of sp³-hybridized carbons (Fsp3) is 0.714. The van der Waals surface area contributed by atoms with Gasteiger partial charge in [0.05, 0.1) is 0 Å². The summed E-state index contributed by atoms with van der Waals surface area (Å²) < 4.78 is 0. The largest absolute Gasteiger partial charge is 0.367 e. The molecular weight excluding hydrogens is 310 g/mol. The number of fused-ring (bicyclic) bond motifs is 2. The molecule has 0 unspecified atom stereocenters. The van der Waals surface area contributed by atoms with Crippen molar-refractivity contribution in [1.82, 2.24) is 4.98 Å². The van der Waals surface area contributed by atoms with Crippen LogP contribution in [0.3, 0.4) is 0 Å². The van der Waals surface area contributed by atoms with Crippen LogP contribution in [0.4, 0.5) is 11.5 Å². The van der Waals surface area contributed by atoms with Crippen molar-refractivity contribution in [2.45, 2.75) is 89.0 Å². The van der Waals surface area contributed by atoms with E-state index >= 15 is 0 Å². The van der Waals surface area contributed by atoms with E-state index in [-0.39, 0.29) is 5.91 Å². The van der Waals surface area contributed by atoms with Crippen molar-refractivity contribution in [2.75, 3.05) is 16.8 Å². The van der Waals surface area contributed by atoms with Crippen molar-refractivity contribution in [3.05, 3.63) is 17.8 Å². The smallest absolute Gasteiger partial charge is 0.222 e. The van der Waals surface area contributed by atoms with Gasteiger partial charge >= 0.3 is 0 Å². The van der Waals surface area contributed by atoms with Crippen LogP contribution in [0.15, 0.2) is 12.3 Å². The van der Waals surface area contributed by atoms with Crippen LogP contribution in [0, 0.1) is 0 Å². The van der Waals surface area contributed by atoms with E-state index in [0.717, 1.165) is 6.54 Å². The Morgan fingerprint density at radius 3 is 2.48 bits per heavy atom. The van der Waals surface area contributed by atoms with Gasteiger partial charge in [0.1, 0.15) is 5.82 Å². The van der Waals surface area contributed by atoms with E-state index in [0.29, 0.717) is 17.3 Å². The molecule has 1 aliphatic heterocycles. The van der Waals surface area contributed by atoms with E-state index in [9.17, 15) is 4.79 Å². The summed E-state index contributed by atoms with van der Waals surface area (Å²) >= 11 is 0. The van der Waals surface area contributed by atoms with Gasteiger partial charge in [-0.25, -0.2) is 4.98 Å². The molecule has 2 heterocycles. The fourth-order valence-electron chi connectivity index (χ4n) is 5.39. The minimum Gasteiger partial charge on any atom is -0.367 e. The number of hydrogen-bond acceptors (Lipinski definition) is 3. The summed E-state index contributed by atoms with van der Waals surface area (Å²) in [5, 5.41) is 2.88. The number of nitrogens with zero attached hydrogens (tertiary/aromatic N) is 2. The zero-order chi connectivity index (χ0) is 17.3. The number of hydrogen-bond donors (Lipinski definition) is 1. The SMILES string of the molecule is CC(=O)Nc1cc2c(cn1)C1(CCCC1)CN2C1CCCCCCC1. The molecule has 2 fully saturated rings. The van der Waals surface area contributed by atoms with Crippen molar-refractivity contribution in [2.24, 2.45) is 0 Å². The predicted molar refractivity (Wildman–Crippen MR) is 102 cm³/mol. The monoisotopic (exact) mass is 341 g/mol. The van der Waals surface area contributed by atoms with Gasteiger partial charge in [-0.3, -0.25) is 4.79 Å². The summed E-state index contributed by atoms with van der Waals surface area (Å²) in [6.07, 6.45) is 16.8. The Morgan fingerprint density at radius 2 is 1.80 bits per heavy atom. The molecule has 136 valence electrons. The van der Waals surface area contributed by atoms with Crippen molar-refractivity contribution >= 4 is 17.4 Å². The molecule has 1 N–H and O–H groups in total. The highest BCUT2D eigenvalue weighted by molar-refractivity contribution is 5.88. The normalized spacial score (nSPS) is 23.3. The lowest BCUT2D eigenvalue weighted by atomic mass is 9.81. The minimum atomic E-state index is -0.0430. The molecule has 1 amide bonds. The van der Waals surface area contributed by atoms with Crippen LogP contribution in [0.1, 0.15) is 83.1 Å². The van der Waals surface area contributed by atoms with E-state index in [1.165, 1.54) is 81.9 Å². The zero-order valence-corrected chi connectivity index (χ0v) is 15.5. The second kappa shape index (κ2) is 6.97. The van der Waals surface area contributed by atoms with Crippen LogP contribution in [0.2, 0.25) is 0 Å². The predicted octanol–water partition coefficient (Wildman–Crippen LogP) is 4.78. The molecule has 0 saturated heterocycles. The van der Waals surface area contributed by atoms with Gasteiger partial charge in [-0.1, -0.05) is 44.9 Å². The van der Waals surface area contributed by atoms with E-state index in [2.05, 4.69) is 27.5 Å². The summed E-state index contributed by atoms with van der Waals surface area (Å²) in [4.78, 5) is 18.7. The van der Waals surface area contributed by atoms with Gasteiger partial charge < -0.3 is 10.2 Å². The Labute approximate surface area is 151 Å². The van der Waals surface area contributed by atoms with Crippen LogP contribution in [0.5, 0.6) is 0 Å². The molecule has 2 saturated carbocycles. The standard InChI is InChI=1S/C21H31N3O/c1-16(25)23-20-13-19-18(14-22-20)21(11-7-8-12-21)15-24(19)17-9-5-3-2-4-6-10-17/h13-14,17H,2-12,15H2,1H3,(H,22,23,25). The lowest BCUT2D eigenvalue weighted by Crippen LogP contribution is -2.39. The first-order chi connectivity index (χ1) is 12.2. The number of amides is 1. The second-order valence-corrected chi connectivity index (χ2v) is 8.38. The third-order valence-corrected chi connectivity index (χ3v) is 6.62. The van der Waals surface area contributed by atoms with E-state index in [1.807, 2.05) is 0 Å². The van der Waals surface area contributed by atoms with Crippen LogP contribution in [-0.4, -0.2) is 23.5 Å². The van der Waals surface area contributed by atoms with Gasteiger partial charge in [0.25, 0.3) is 0 Å². The highest BCUT2D eigenvalue weighted by Crippen LogP contribution is 2.51. The molecule has 1 aromatic rings. The molecular formula is C21H31N3O. The summed E-state index contributed by atoms with van der Waals surface area (Å²) in [7, 11) is 0. The van der Waals surface area contributed by atoms with Crippen LogP contribution in [-0.2, 0) is 10.2 Å². The summed E-state index contributed by atoms with van der Waals surface area (Å²) in [6.45, 7) is 2.72.